The van der Waals surface area contributed by atoms with Gasteiger partial charge >= 0.3 is 5.97 Å². The smallest absolute Gasteiger partial charge is 0.335 e. The minimum Gasteiger partial charge on any atom is -0.478 e. The lowest BCUT2D eigenvalue weighted by molar-refractivity contribution is -0.384. The van der Waals surface area contributed by atoms with E-state index in [9.17, 15) is 19.7 Å². The van der Waals surface area contributed by atoms with E-state index in [-0.39, 0.29) is 23.1 Å². The largest absolute Gasteiger partial charge is 0.478 e. The zero-order chi connectivity index (χ0) is 17.0. The number of rotatable bonds is 5. The molecular formula is C15H18N2O6. The Morgan fingerprint density at radius 3 is 2.70 bits per heavy atom. The minimum absolute atomic E-state index is 0.0308. The summed E-state index contributed by atoms with van der Waals surface area (Å²) in [5, 5.41) is 22.6. The van der Waals surface area contributed by atoms with E-state index in [1.54, 1.807) is 0 Å². The molecule has 0 bridgehead atoms. The van der Waals surface area contributed by atoms with Gasteiger partial charge in [0.1, 0.15) is 0 Å². The summed E-state index contributed by atoms with van der Waals surface area (Å²) in [6.45, 7) is 3.03. The fourth-order valence-corrected chi connectivity index (χ4v) is 2.59. The minimum atomic E-state index is -1.32. The van der Waals surface area contributed by atoms with Crippen molar-refractivity contribution in [3.05, 3.63) is 39.4 Å². The fourth-order valence-electron chi connectivity index (χ4n) is 2.59. The average molecular weight is 322 g/mol. The van der Waals surface area contributed by atoms with Gasteiger partial charge in [-0.05, 0) is 31.7 Å². The van der Waals surface area contributed by atoms with Crippen molar-refractivity contribution in [3.63, 3.8) is 0 Å². The van der Waals surface area contributed by atoms with Crippen LogP contribution in [0, 0.1) is 16.0 Å². The first-order valence-corrected chi connectivity index (χ1v) is 7.29. The van der Waals surface area contributed by atoms with Crippen LogP contribution in [0.5, 0.6) is 0 Å². The standard InChI is InChI=1S/C15H18N2O6/c1-9-4-10(2-3-23-9)8-16-14(18)11-5-12(15(19)20)7-13(6-11)17(21)22/h5-7,9-10H,2-4,8H2,1H3,(H,16,18)(H,19,20). The molecule has 1 aromatic carbocycles. The van der Waals surface area contributed by atoms with E-state index >= 15 is 0 Å². The SMILES string of the molecule is CC1CC(CNC(=O)c2cc(C(=O)O)cc([N+](=O)[O-])c2)CCO1. The first-order chi connectivity index (χ1) is 10.9. The highest BCUT2D eigenvalue weighted by Gasteiger charge is 2.21. The van der Waals surface area contributed by atoms with Crippen LogP contribution in [0.15, 0.2) is 18.2 Å². The van der Waals surface area contributed by atoms with Crippen LogP contribution in [0.2, 0.25) is 0 Å². The normalized spacial score (nSPS) is 20.7. The van der Waals surface area contributed by atoms with Crippen LogP contribution in [0.4, 0.5) is 5.69 Å². The maximum Gasteiger partial charge on any atom is 0.335 e. The Morgan fingerprint density at radius 2 is 2.09 bits per heavy atom. The molecular weight excluding hydrogens is 304 g/mol. The molecule has 0 radical (unpaired) electrons. The summed E-state index contributed by atoms with van der Waals surface area (Å²) in [4.78, 5) is 33.3. The highest BCUT2D eigenvalue weighted by Crippen LogP contribution is 2.20. The molecule has 1 aliphatic rings. The molecule has 0 aromatic heterocycles. The van der Waals surface area contributed by atoms with Crippen molar-refractivity contribution in [2.75, 3.05) is 13.2 Å². The van der Waals surface area contributed by atoms with Crippen molar-refractivity contribution in [1.82, 2.24) is 5.32 Å². The average Bonchev–Trinajstić information content (AvgIpc) is 2.52. The van der Waals surface area contributed by atoms with Gasteiger partial charge in [-0.15, -0.1) is 0 Å². The van der Waals surface area contributed by atoms with E-state index in [1.807, 2.05) is 6.92 Å². The predicted molar refractivity (Wildman–Crippen MR) is 80.5 cm³/mol. The summed E-state index contributed by atoms with van der Waals surface area (Å²) in [5.74, 6) is -1.56. The molecule has 124 valence electrons. The molecule has 0 saturated carbocycles. The lowest BCUT2D eigenvalue weighted by Gasteiger charge is -2.27. The number of aromatic carboxylic acids is 1. The van der Waals surface area contributed by atoms with Gasteiger partial charge in [0.15, 0.2) is 0 Å². The molecule has 1 heterocycles. The number of hydrogen-bond acceptors (Lipinski definition) is 5. The number of amides is 1. The van der Waals surface area contributed by atoms with Crippen molar-refractivity contribution in [2.24, 2.45) is 5.92 Å². The molecule has 1 fully saturated rings. The zero-order valence-electron chi connectivity index (χ0n) is 12.7. The molecule has 2 rings (SSSR count). The fraction of sp³-hybridized carbons (Fsp3) is 0.467. The number of benzene rings is 1. The van der Waals surface area contributed by atoms with E-state index in [0.717, 1.165) is 31.0 Å². The maximum atomic E-state index is 12.2. The molecule has 8 heteroatoms. The van der Waals surface area contributed by atoms with Crippen molar-refractivity contribution in [2.45, 2.75) is 25.9 Å². The van der Waals surface area contributed by atoms with Gasteiger partial charge in [-0.2, -0.15) is 0 Å². The third-order valence-electron chi connectivity index (χ3n) is 3.78. The van der Waals surface area contributed by atoms with Crippen molar-refractivity contribution in [3.8, 4) is 0 Å². The number of nitrogens with zero attached hydrogens (tertiary/aromatic N) is 1. The number of carbonyl (C=O) groups excluding carboxylic acids is 1. The topological polar surface area (TPSA) is 119 Å². The summed E-state index contributed by atoms with van der Waals surface area (Å²) >= 11 is 0. The Kier molecular flexibility index (Phi) is 5.28. The molecule has 2 N–H and O–H groups in total. The van der Waals surface area contributed by atoms with Gasteiger partial charge in [0.2, 0.25) is 0 Å². The molecule has 1 aliphatic heterocycles. The number of hydrogen-bond donors (Lipinski definition) is 2. The number of non-ortho nitro benzene ring substituents is 1. The molecule has 0 spiro atoms. The maximum absolute atomic E-state index is 12.2. The van der Waals surface area contributed by atoms with Crippen LogP contribution >= 0.6 is 0 Å². The number of nitro benzene ring substituents is 1. The van der Waals surface area contributed by atoms with Crippen molar-refractivity contribution >= 4 is 17.6 Å². The zero-order valence-corrected chi connectivity index (χ0v) is 12.7. The Labute approximate surface area is 132 Å². The molecule has 2 unspecified atom stereocenters. The summed E-state index contributed by atoms with van der Waals surface area (Å²) in [5.41, 5.74) is -0.740. The first kappa shape index (κ1) is 16.9. The Hall–Kier alpha value is -2.48. The Bertz CT molecular complexity index is 598. The van der Waals surface area contributed by atoms with Crippen LogP contribution in [0.1, 0.15) is 40.5 Å². The predicted octanol–water partition coefficient (Wildman–Crippen LogP) is 1.84. The van der Waals surface area contributed by atoms with Gasteiger partial charge in [0.05, 0.1) is 16.6 Å². The second-order valence-electron chi connectivity index (χ2n) is 5.61. The number of carbonyl (C=O) groups is 2. The van der Waals surface area contributed by atoms with Gasteiger partial charge in [-0.1, -0.05) is 0 Å². The van der Waals surface area contributed by atoms with E-state index < -0.39 is 22.5 Å². The number of nitro groups is 1. The molecule has 2 atom stereocenters. The molecule has 8 nitrogen and oxygen atoms in total. The molecule has 0 aliphatic carbocycles. The van der Waals surface area contributed by atoms with Crippen LogP contribution < -0.4 is 5.32 Å². The van der Waals surface area contributed by atoms with Crippen LogP contribution in [0.3, 0.4) is 0 Å². The van der Waals surface area contributed by atoms with Crippen molar-refractivity contribution < 1.29 is 24.4 Å². The Morgan fingerprint density at radius 1 is 1.39 bits per heavy atom. The van der Waals surface area contributed by atoms with Crippen LogP contribution in [-0.2, 0) is 4.74 Å². The second kappa shape index (κ2) is 7.19. The summed E-state index contributed by atoms with van der Waals surface area (Å²) in [6, 6.07) is 3.14. The summed E-state index contributed by atoms with van der Waals surface area (Å²) in [7, 11) is 0. The highest BCUT2D eigenvalue weighted by molar-refractivity contribution is 5.98. The number of carboxylic acids is 1. The summed E-state index contributed by atoms with van der Waals surface area (Å²) in [6.07, 6.45) is 1.80. The van der Waals surface area contributed by atoms with Gasteiger partial charge in [0, 0.05) is 30.8 Å². The van der Waals surface area contributed by atoms with E-state index in [4.69, 9.17) is 9.84 Å². The molecule has 1 amide bonds. The van der Waals surface area contributed by atoms with Crippen molar-refractivity contribution in [1.29, 1.82) is 0 Å². The van der Waals surface area contributed by atoms with Gasteiger partial charge in [-0.3, -0.25) is 14.9 Å². The quantitative estimate of drug-likeness (QED) is 0.630. The van der Waals surface area contributed by atoms with Crippen LogP contribution in [0.25, 0.3) is 0 Å². The van der Waals surface area contributed by atoms with E-state index in [1.165, 1.54) is 0 Å². The molecule has 1 aromatic rings. The lowest BCUT2D eigenvalue weighted by Crippen LogP contribution is -2.34. The summed E-state index contributed by atoms with van der Waals surface area (Å²) < 4.78 is 5.43. The monoisotopic (exact) mass is 322 g/mol. The van der Waals surface area contributed by atoms with Crippen LogP contribution in [-0.4, -0.2) is 41.2 Å². The Balaban J connectivity index is 2.08. The van der Waals surface area contributed by atoms with E-state index in [2.05, 4.69) is 5.32 Å². The number of carboxylic acid groups (broad SMARTS) is 1. The first-order valence-electron chi connectivity index (χ1n) is 7.29. The van der Waals surface area contributed by atoms with Gasteiger partial charge in [0.25, 0.3) is 11.6 Å². The number of ether oxygens (including phenoxy) is 1. The molecule has 23 heavy (non-hydrogen) atoms. The third kappa shape index (κ3) is 4.49. The van der Waals surface area contributed by atoms with Gasteiger partial charge < -0.3 is 15.2 Å². The third-order valence-corrected chi connectivity index (χ3v) is 3.78. The van der Waals surface area contributed by atoms with E-state index in [0.29, 0.717) is 13.2 Å². The number of nitrogens with one attached hydrogen (secondary N) is 1. The van der Waals surface area contributed by atoms with Gasteiger partial charge in [-0.25, -0.2) is 4.79 Å². The lowest BCUT2D eigenvalue weighted by atomic mass is 9.96. The highest BCUT2D eigenvalue weighted by atomic mass is 16.6. The molecule has 1 saturated heterocycles. The second-order valence-corrected chi connectivity index (χ2v) is 5.61.